The minimum Gasteiger partial charge on any atom is -0.464 e. The highest BCUT2D eigenvalue weighted by Gasteiger charge is 2.25. The van der Waals surface area contributed by atoms with Gasteiger partial charge in [0.25, 0.3) is 17.3 Å². The minimum absolute atomic E-state index is 0.0995. The van der Waals surface area contributed by atoms with Crippen molar-refractivity contribution in [1.29, 1.82) is 0 Å². The molecule has 10 nitrogen and oxygen atoms in total. The molecular formula is C18H17N3O7. The van der Waals surface area contributed by atoms with E-state index in [9.17, 15) is 29.8 Å². The molecule has 1 atom stereocenters. The zero-order valence-corrected chi connectivity index (χ0v) is 14.9. The van der Waals surface area contributed by atoms with E-state index in [1.165, 1.54) is 0 Å². The van der Waals surface area contributed by atoms with Gasteiger partial charge in [0.1, 0.15) is 6.04 Å². The molecule has 0 heterocycles. The number of rotatable bonds is 8. The Bertz CT molecular complexity index is 867. The Hall–Kier alpha value is -3.82. The Morgan fingerprint density at radius 1 is 1.04 bits per heavy atom. The van der Waals surface area contributed by atoms with Crippen molar-refractivity contribution in [2.75, 3.05) is 6.61 Å². The summed E-state index contributed by atoms with van der Waals surface area (Å²) in [7, 11) is 0. The molecule has 1 amide bonds. The SMILES string of the molecule is CCOC(=O)[C@H](Cc1ccccc1)NC(=O)c1cc([N+](=O)[O-])cc([N+](=O)[O-])c1. The van der Waals surface area contributed by atoms with Crippen LogP contribution in [0.3, 0.4) is 0 Å². The molecule has 0 spiro atoms. The lowest BCUT2D eigenvalue weighted by Crippen LogP contribution is -2.43. The van der Waals surface area contributed by atoms with E-state index < -0.39 is 39.1 Å². The Labute approximate surface area is 159 Å². The minimum atomic E-state index is -1.06. The van der Waals surface area contributed by atoms with Crippen molar-refractivity contribution in [3.05, 3.63) is 79.9 Å². The number of hydrogen-bond acceptors (Lipinski definition) is 7. The van der Waals surface area contributed by atoms with E-state index in [-0.39, 0.29) is 18.6 Å². The van der Waals surface area contributed by atoms with Crippen LogP contribution in [0.25, 0.3) is 0 Å². The fourth-order valence-electron chi connectivity index (χ4n) is 2.46. The number of carbonyl (C=O) groups excluding carboxylic acids is 2. The van der Waals surface area contributed by atoms with Crippen molar-refractivity contribution >= 4 is 23.3 Å². The summed E-state index contributed by atoms with van der Waals surface area (Å²) in [4.78, 5) is 45.0. The molecule has 146 valence electrons. The fourth-order valence-corrected chi connectivity index (χ4v) is 2.46. The molecule has 0 fully saturated rings. The summed E-state index contributed by atoms with van der Waals surface area (Å²) >= 11 is 0. The van der Waals surface area contributed by atoms with Gasteiger partial charge in [-0.3, -0.25) is 25.0 Å². The Kier molecular flexibility index (Phi) is 6.74. The van der Waals surface area contributed by atoms with Crippen LogP contribution >= 0.6 is 0 Å². The van der Waals surface area contributed by atoms with Crippen LogP contribution in [0.2, 0.25) is 0 Å². The number of esters is 1. The topological polar surface area (TPSA) is 142 Å². The first-order valence-corrected chi connectivity index (χ1v) is 8.27. The van der Waals surface area contributed by atoms with E-state index in [0.717, 1.165) is 23.8 Å². The first-order chi connectivity index (χ1) is 13.3. The molecule has 2 aromatic rings. The maximum atomic E-state index is 12.5. The van der Waals surface area contributed by atoms with Crippen LogP contribution in [0.1, 0.15) is 22.8 Å². The molecule has 0 saturated heterocycles. The van der Waals surface area contributed by atoms with Crippen molar-refractivity contribution in [2.45, 2.75) is 19.4 Å². The number of benzene rings is 2. The maximum absolute atomic E-state index is 12.5. The summed E-state index contributed by atoms with van der Waals surface area (Å²) in [5.41, 5.74) is -0.751. The van der Waals surface area contributed by atoms with Gasteiger partial charge in [0, 0.05) is 18.6 Å². The smallest absolute Gasteiger partial charge is 0.328 e. The molecule has 0 radical (unpaired) electrons. The summed E-state index contributed by atoms with van der Waals surface area (Å²) in [6.07, 6.45) is 0.127. The predicted octanol–water partition coefficient (Wildman–Crippen LogP) is 2.41. The number of carbonyl (C=O) groups is 2. The van der Waals surface area contributed by atoms with Gasteiger partial charge in [-0.05, 0) is 12.5 Å². The Morgan fingerprint density at radius 2 is 1.61 bits per heavy atom. The van der Waals surface area contributed by atoms with Crippen LogP contribution in [-0.2, 0) is 16.0 Å². The molecule has 0 aliphatic rings. The number of hydrogen-bond donors (Lipinski definition) is 1. The van der Waals surface area contributed by atoms with Gasteiger partial charge in [0.05, 0.1) is 28.1 Å². The quantitative estimate of drug-likeness (QED) is 0.416. The van der Waals surface area contributed by atoms with E-state index in [4.69, 9.17) is 4.74 Å². The summed E-state index contributed by atoms with van der Waals surface area (Å²) in [6, 6.07) is 10.4. The second kappa shape index (κ2) is 9.21. The highest BCUT2D eigenvalue weighted by atomic mass is 16.6. The first-order valence-electron chi connectivity index (χ1n) is 8.27. The predicted molar refractivity (Wildman–Crippen MR) is 97.8 cm³/mol. The third-order valence-corrected chi connectivity index (χ3v) is 3.75. The zero-order chi connectivity index (χ0) is 20.7. The van der Waals surface area contributed by atoms with Crippen molar-refractivity contribution in [3.8, 4) is 0 Å². The second-order valence-corrected chi connectivity index (χ2v) is 5.72. The number of nitro benzene ring substituents is 2. The Morgan fingerprint density at radius 3 is 2.11 bits per heavy atom. The molecule has 0 aliphatic carbocycles. The lowest BCUT2D eigenvalue weighted by Gasteiger charge is -2.17. The molecule has 10 heteroatoms. The van der Waals surface area contributed by atoms with E-state index in [2.05, 4.69) is 5.32 Å². The van der Waals surface area contributed by atoms with Crippen LogP contribution in [0.4, 0.5) is 11.4 Å². The highest BCUT2D eigenvalue weighted by molar-refractivity contribution is 5.98. The van der Waals surface area contributed by atoms with Crippen molar-refractivity contribution in [1.82, 2.24) is 5.32 Å². The van der Waals surface area contributed by atoms with Crippen LogP contribution in [0, 0.1) is 20.2 Å². The molecule has 2 rings (SSSR count). The molecule has 0 aromatic heterocycles. The van der Waals surface area contributed by atoms with Gasteiger partial charge in [-0.25, -0.2) is 4.79 Å². The average Bonchev–Trinajstić information content (AvgIpc) is 2.67. The molecule has 1 N–H and O–H groups in total. The molecular weight excluding hydrogens is 370 g/mol. The van der Waals surface area contributed by atoms with E-state index >= 15 is 0 Å². The van der Waals surface area contributed by atoms with Crippen LogP contribution in [0.5, 0.6) is 0 Å². The maximum Gasteiger partial charge on any atom is 0.328 e. The van der Waals surface area contributed by atoms with Gasteiger partial charge in [-0.1, -0.05) is 30.3 Å². The van der Waals surface area contributed by atoms with Gasteiger partial charge in [-0.15, -0.1) is 0 Å². The number of non-ortho nitro benzene ring substituents is 2. The van der Waals surface area contributed by atoms with E-state index in [0.29, 0.717) is 0 Å². The monoisotopic (exact) mass is 387 g/mol. The zero-order valence-electron chi connectivity index (χ0n) is 14.9. The first kappa shape index (κ1) is 20.5. The van der Waals surface area contributed by atoms with E-state index in [1.807, 2.05) is 0 Å². The summed E-state index contributed by atoms with van der Waals surface area (Å²) in [5, 5.41) is 24.4. The molecule has 0 aliphatic heterocycles. The lowest BCUT2D eigenvalue weighted by atomic mass is 10.1. The molecule has 0 saturated carbocycles. The van der Waals surface area contributed by atoms with Gasteiger partial charge in [-0.2, -0.15) is 0 Å². The third kappa shape index (κ3) is 5.34. The highest BCUT2D eigenvalue weighted by Crippen LogP contribution is 2.23. The normalized spacial score (nSPS) is 11.3. The summed E-state index contributed by atoms with van der Waals surface area (Å²) in [6.45, 7) is 1.71. The molecule has 28 heavy (non-hydrogen) atoms. The fraction of sp³-hybridized carbons (Fsp3) is 0.222. The van der Waals surface area contributed by atoms with E-state index in [1.54, 1.807) is 37.3 Å². The molecule has 2 aromatic carbocycles. The van der Waals surface area contributed by atoms with Crippen LogP contribution in [0.15, 0.2) is 48.5 Å². The van der Waals surface area contributed by atoms with Gasteiger partial charge < -0.3 is 10.1 Å². The average molecular weight is 387 g/mol. The summed E-state index contributed by atoms with van der Waals surface area (Å²) in [5.74, 6) is -1.54. The molecule has 0 bridgehead atoms. The second-order valence-electron chi connectivity index (χ2n) is 5.72. The number of ether oxygens (including phenoxy) is 1. The largest absolute Gasteiger partial charge is 0.464 e. The Balaban J connectivity index is 2.30. The number of amides is 1. The number of nitro groups is 2. The standard InChI is InChI=1S/C18H17N3O7/c1-2-28-18(23)16(8-12-6-4-3-5-7-12)19-17(22)13-9-14(20(24)25)11-15(10-13)21(26)27/h3-7,9-11,16H,2,8H2,1H3,(H,19,22)/t16-/m0/s1. The van der Waals surface area contributed by atoms with Crippen molar-refractivity contribution < 1.29 is 24.2 Å². The van der Waals surface area contributed by atoms with Crippen molar-refractivity contribution in [2.24, 2.45) is 0 Å². The van der Waals surface area contributed by atoms with Crippen LogP contribution < -0.4 is 5.32 Å². The number of nitrogens with one attached hydrogen (secondary N) is 1. The summed E-state index contributed by atoms with van der Waals surface area (Å²) < 4.78 is 4.97. The van der Waals surface area contributed by atoms with Crippen LogP contribution in [-0.4, -0.2) is 34.4 Å². The van der Waals surface area contributed by atoms with Crippen molar-refractivity contribution in [3.63, 3.8) is 0 Å². The van der Waals surface area contributed by atoms with Gasteiger partial charge >= 0.3 is 5.97 Å². The third-order valence-electron chi connectivity index (χ3n) is 3.75. The van der Waals surface area contributed by atoms with Gasteiger partial charge in [0.15, 0.2) is 0 Å². The number of nitrogens with zero attached hydrogens (tertiary/aromatic N) is 2. The molecule has 0 unspecified atom stereocenters. The van der Waals surface area contributed by atoms with Gasteiger partial charge in [0.2, 0.25) is 0 Å². The lowest BCUT2D eigenvalue weighted by molar-refractivity contribution is -0.394.